The number of nitrogens with zero attached hydrogens (tertiary/aromatic N) is 1. The molecular weight excluding hydrogens is 518 g/mol. The van der Waals surface area contributed by atoms with Crippen molar-refractivity contribution in [3.05, 3.63) is 82.1 Å². The van der Waals surface area contributed by atoms with E-state index in [2.05, 4.69) is 0 Å². The Morgan fingerprint density at radius 3 is 2.43 bits per heavy atom. The van der Waals surface area contributed by atoms with Gasteiger partial charge in [-0.15, -0.1) is 0 Å². The molecule has 6 nitrogen and oxygen atoms in total. The predicted molar refractivity (Wildman–Crippen MR) is 127 cm³/mol. The van der Waals surface area contributed by atoms with Gasteiger partial charge in [-0.1, -0.05) is 30.7 Å². The van der Waals surface area contributed by atoms with Gasteiger partial charge in [0, 0.05) is 12.1 Å². The van der Waals surface area contributed by atoms with Crippen molar-refractivity contribution in [1.29, 1.82) is 0 Å². The van der Waals surface area contributed by atoms with Gasteiger partial charge in [-0.3, -0.25) is 4.79 Å². The number of carbonyl (C=O) groups excluding carboxylic acids is 1. The van der Waals surface area contributed by atoms with Crippen LogP contribution in [0.2, 0.25) is 5.02 Å². The van der Waals surface area contributed by atoms with E-state index in [0.29, 0.717) is 5.75 Å². The van der Waals surface area contributed by atoms with Gasteiger partial charge in [-0.2, -0.15) is 13.2 Å². The molecule has 194 valence electrons. The predicted octanol–water partition coefficient (Wildman–Crippen LogP) is 6.77. The van der Waals surface area contributed by atoms with Crippen LogP contribution < -0.4 is 14.4 Å². The summed E-state index contributed by atoms with van der Waals surface area (Å²) in [5.41, 5.74) is -0.220. The largest absolute Gasteiger partial charge is 0.482 e. The Balaban J connectivity index is 1.65. The number of hydrogen-bond donors (Lipinski definition) is 1. The van der Waals surface area contributed by atoms with E-state index in [1.807, 2.05) is 0 Å². The summed E-state index contributed by atoms with van der Waals surface area (Å²) in [5.74, 6) is -5.44. The van der Waals surface area contributed by atoms with Crippen LogP contribution in [0, 0.1) is 5.82 Å². The maximum Gasteiger partial charge on any atom is 0.396 e. The van der Waals surface area contributed by atoms with Crippen molar-refractivity contribution in [2.24, 2.45) is 0 Å². The number of aromatic carboxylic acids is 1. The van der Waals surface area contributed by atoms with Gasteiger partial charge in [0.1, 0.15) is 23.1 Å². The van der Waals surface area contributed by atoms with Gasteiger partial charge in [-0.05, 0) is 59.5 Å². The molecule has 3 aromatic rings. The number of rotatable bonds is 6. The van der Waals surface area contributed by atoms with E-state index < -0.39 is 35.4 Å². The fraction of sp³-hybridized carbons (Fsp3) is 0.231. The first-order valence-corrected chi connectivity index (χ1v) is 11.3. The van der Waals surface area contributed by atoms with Crippen molar-refractivity contribution in [3.63, 3.8) is 0 Å². The van der Waals surface area contributed by atoms with Crippen LogP contribution in [0.1, 0.15) is 40.2 Å². The number of carbonyl (C=O) groups is 2. The summed E-state index contributed by atoms with van der Waals surface area (Å²) in [6.45, 7) is 1.20. The Kier molecular flexibility index (Phi) is 7.05. The number of fused-ring (bicyclic) bond motifs is 1. The minimum absolute atomic E-state index is 0.00610. The lowest BCUT2D eigenvalue weighted by atomic mass is 9.81. The summed E-state index contributed by atoms with van der Waals surface area (Å²) in [7, 11) is 1.47. The Morgan fingerprint density at radius 2 is 1.78 bits per heavy atom. The molecule has 1 N–H and O–H groups in total. The lowest BCUT2D eigenvalue weighted by Crippen LogP contribution is -2.35. The molecule has 1 heterocycles. The fourth-order valence-electron chi connectivity index (χ4n) is 4.23. The first-order valence-electron chi connectivity index (χ1n) is 11.0. The highest BCUT2D eigenvalue weighted by Crippen LogP contribution is 2.48. The molecule has 1 aliphatic heterocycles. The number of amides is 1. The molecule has 37 heavy (non-hydrogen) atoms. The molecule has 11 heteroatoms. The molecule has 0 saturated heterocycles. The van der Waals surface area contributed by atoms with E-state index in [1.165, 1.54) is 61.3 Å². The molecule has 3 aromatic carbocycles. The average molecular weight is 538 g/mol. The topological polar surface area (TPSA) is 76.1 Å². The third-order valence-electron chi connectivity index (χ3n) is 6.15. The van der Waals surface area contributed by atoms with Crippen LogP contribution in [0.5, 0.6) is 17.2 Å². The molecule has 0 radical (unpaired) electrons. The summed E-state index contributed by atoms with van der Waals surface area (Å²) in [5, 5.41) is 9.06. The van der Waals surface area contributed by atoms with Gasteiger partial charge in [0.05, 0.1) is 17.2 Å². The molecule has 0 saturated carbocycles. The highest BCUT2D eigenvalue weighted by molar-refractivity contribution is 6.31. The minimum Gasteiger partial charge on any atom is -0.482 e. The number of likely N-dealkylation sites (N-methyl/N-ethyl adjacent to an activating group) is 1. The second-order valence-electron chi connectivity index (χ2n) is 8.51. The van der Waals surface area contributed by atoms with Crippen molar-refractivity contribution in [3.8, 4) is 17.2 Å². The number of ether oxygens (including phenoxy) is 2. The SMILES string of the molecule is CC(c1ccc(Oc2ccc(F)c(C(=O)O)c2)cc1Cl)C(c1ccc2c(c1)N(C)C(=O)CO2)C(F)(F)F. The number of carboxylic acid groups (broad SMARTS) is 1. The first-order chi connectivity index (χ1) is 17.4. The quantitative estimate of drug-likeness (QED) is 0.351. The van der Waals surface area contributed by atoms with Crippen LogP contribution in [0.4, 0.5) is 23.2 Å². The van der Waals surface area contributed by atoms with E-state index in [9.17, 15) is 27.2 Å². The van der Waals surface area contributed by atoms with Crippen molar-refractivity contribution < 1.29 is 41.7 Å². The number of carboxylic acids is 1. The summed E-state index contributed by atoms with van der Waals surface area (Å²) < 4.78 is 67.5. The Hall–Kier alpha value is -3.79. The number of hydrogen-bond acceptors (Lipinski definition) is 4. The molecule has 1 aliphatic rings. The maximum absolute atomic E-state index is 14.3. The van der Waals surface area contributed by atoms with Crippen molar-refractivity contribution in [1.82, 2.24) is 0 Å². The second kappa shape index (κ2) is 9.93. The van der Waals surface area contributed by atoms with E-state index in [4.69, 9.17) is 26.2 Å². The second-order valence-corrected chi connectivity index (χ2v) is 8.92. The van der Waals surface area contributed by atoms with Gasteiger partial charge in [0.25, 0.3) is 5.91 Å². The van der Waals surface area contributed by atoms with Crippen molar-refractivity contribution >= 4 is 29.2 Å². The minimum atomic E-state index is -4.65. The molecule has 0 aromatic heterocycles. The third-order valence-corrected chi connectivity index (χ3v) is 6.48. The number of benzene rings is 3. The van der Waals surface area contributed by atoms with Gasteiger partial charge in [0.15, 0.2) is 6.61 Å². The van der Waals surface area contributed by atoms with Crippen LogP contribution >= 0.6 is 11.6 Å². The first kappa shape index (κ1) is 26.3. The zero-order valence-corrected chi connectivity index (χ0v) is 20.2. The van der Waals surface area contributed by atoms with Crippen LogP contribution in [0.3, 0.4) is 0 Å². The van der Waals surface area contributed by atoms with Crippen LogP contribution in [0.25, 0.3) is 0 Å². The fourth-order valence-corrected chi connectivity index (χ4v) is 4.57. The highest BCUT2D eigenvalue weighted by Gasteiger charge is 2.45. The van der Waals surface area contributed by atoms with E-state index in [0.717, 1.165) is 12.1 Å². The van der Waals surface area contributed by atoms with Gasteiger partial charge in [0.2, 0.25) is 0 Å². The van der Waals surface area contributed by atoms with Crippen LogP contribution in [0.15, 0.2) is 54.6 Å². The summed E-state index contributed by atoms with van der Waals surface area (Å²) in [4.78, 5) is 24.4. The lowest BCUT2D eigenvalue weighted by molar-refractivity contribution is -0.154. The molecular formula is C26H20ClF4NO5. The monoisotopic (exact) mass is 537 g/mol. The number of alkyl halides is 3. The molecule has 0 bridgehead atoms. The average Bonchev–Trinajstić information content (AvgIpc) is 2.82. The van der Waals surface area contributed by atoms with Crippen LogP contribution in [-0.4, -0.2) is 36.8 Å². The van der Waals surface area contributed by atoms with Crippen molar-refractivity contribution in [2.75, 3.05) is 18.6 Å². The maximum atomic E-state index is 14.3. The van der Waals surface area contributed by atoms with E-state index in [-0.39, 0.29) is 45.9 Å². The van der Waals surface area contributed by atoms with Gasteiger partial charge >= 0.3 is 12.1 Å². The molecule has 0 spiro atoms. The summed E-state index contributed by atoms with van der Waals surface area (Å²) in [6.07, 6.45) is -4.65. The van der Waals surface area contributed by atoms with E-state index >= 15 is 0 Å². The molecule has 2 unspecified atom stereocenters. The molecule has 0 aliphatic carbocycles. The molecule has 4 rings (SSSR count). The molecule has 0 fully saturated rings. The number of anilines is 1. The Labute approximate surface area is 214 Å². The van der Waals surface area contributed by atoms with Crippen molar-refractivity contribution in [2.45, 2.75) is 24.9 Å². The Morgan fingerprint density at radius 1 is 1.11 bits per heavy atom. The molecule has 1 amide bonds. The zero-order chi connectivity index (χ0) is 27.1. The summed E-state index contributed by atoms with van der Waals surface area (Å²) in [6, 6.07) is 11.2. The zero-order valence-electron chi connectivity index (χ0n) is 19.5. The third kappa shape index (κ3) is 5.34. The van der Waals surface area contributed by atoms with Crippen LogP contribution in [-0.2, 0) is 4.79 Å². The molecule has 2 atom stereocenters. The lowest BCUT2D eigenvalue weighted by Gasteiger charge is -2.31. The highest BCUT2D eigenvalue weighted by atomic mass is 35.5. The van der Waals surface area contributed by atoms with E-state index in [1.54, 1.807) is 0 Å². The Bertz CT molecular complexity index is 1380. The van der Waals surface area contributed by atoms with Gasteiger partial charge < -0.3 is 19.5 Å². The smallest absolute Gasteiger partial charge is 0.396 e. The number of halogens is 5. The normalized spacial score (nSPS) is 15.0. The van der Waals surface area contributed by atoms with Gasteiger partial charge in [-0.25, -0.2) is 9.18 Å². The summed E-state index contributed by atoms with van der Waals surface area (Å²) >= 11 is 6.36. The standard InChI is InChI=1S/C26H20ClF4NO5/c1-13(24(26(29,30)31)14-3-8-22-21(9-14)32(2)23(33)12-36-22)17-6-4-16(11-19(17)27)37-15-5-7-20(28)18(10-15)25(34)35/h3-11,13,24H,12H2,1-2H3,(H,34,35).